The van der Waals surface area contributed by atoms with Crippen molar-refractivity contribution in [1.82, 2.24) is 15.2 Å². The second-order valence-electron chi connectivity index (χ2n) is 8.45. The predicted octanol–water partition coefficient (Wildman–Crippen LogP) is 4.95. The van der Waals surface area contributed by atoms with Crippen LogP contribution in [-0.4, -0.2) is 32.0 Å². The summed E-state index contributed by atoms with van der Waals surface area (Å²) in [6, 6.07) is 10.4. The molecule has 1 unspecified atom stereocenters. The highest BCUT2D eigenvalue weighted by Crippen LogP contribution is 2.41. The summed E-state index contributed by atoms with van der Waals surface area (Å²) in [6.07, 6.45) is -4.00. The van der Waals surface area contributed by atoms with Crippen LogP contribution in [0, 0.1) is 6.92 Å². The van der Waals surface area contributed by atoms with Crippen LogP contribution in [0.2, 0.25) is 0 Å². The Morgan fingerprint density at radius 1 is 1.00 bits per heavy atom. The Morgan fingerprint density at radius 3 is 2.20 bits per heavy atom. The van der Waals surface area contributed by atoms with E-state index in [1.807, 2.05) is 13.8 Å². The van der Waals surface area contributed by atoms with Gasteiger partial charge in [-0.25, -0.2) is 0 Å². The highest BCUT2D eigenvalue weighted by Gasteiger charge is 2.48. The number of hydrogen-bond acceptors (Lipinski definition) is 6. The standard InChI is InChI=1S/C25H21F3N4O3/c1-13(2)15-5-7-16(8-6-15)22(33)20-21(18-10-9-17(12-29-18)25(26,27)28)32(24(35)23(20)34)19-11-4-14(3)30-31-19/h4-13,21,33H,1-3H3. The van der Waals surface area contributed by atoms with Crippen LogP contribution in [0.4, 0.5) is 19.0 Å². The first-order chi connectivity index (χ1) is 16.5. The van der Waals surface area contributed by atoms with Gasteiger partial charge in [-0.2, -0.15) is 18.3 Å². The van der Waals surface area contributed by atoms with Crippen LogP contribution in [0.5, 0.6) is 0 Å². The Morgan fingerprint density at radius 2 is 1.69 bits per heavy atom. The molecule has 0 spiro atoms. The number of alkyl halides is 3. The zero-order valence-corrected chi connectivity index (χ0v) is 19.0. The Balaban J connectivity index is 1.89. The second kappa shape index (κ2) is 8.94. The highest BCUT2D eigenvalue weighted by atomic mass is 19.4. The quantitative estimate of drug-likeness (QED) is 0.321. The molecule has 0 radical (unpaired) electrons. The molecule has 0 aliphatic carbocycles. The number of hydrogen-bond donors (Lipinski definition) is 1. The van der Waals surface area contributed by atoms with Gasteiger partial charge < -0.3 is 5.11 Å². The minimum absolute atomic E-state index is 0.00129. The van der Waals surface area contributed by atoms with Gasteiger partial charge in [-0.05, 0) is 42.7 Å². The fourth-order valence-electron chi connectivity index (χ4n) is 3.79. The lowest BCUT2D eigenvalue weighted by molar-refractivity contribution is -0.137. The number of anilines is 1. The largest absolute Gasteiger partial charge is 0.507 e. The van der Waals surface area contributed by atoms with E-state index in [4.69, 9.17) is 0 Å². The summed E-state index contributed by atoms with van der Waals surface area (Å²) in [4.78, 5) is 31.0. The van der Waals surface area contributed by atoms with Crippen molar-refractivity contribution in [3.05, 3.63) is 88.4 Å². The van der Waals surface area contributed by atoms with Crippen molar-refractivity contribution >= 4 is 23.3 Å². The second-order valence-corrected chi connectivity index (χ2v) is 8.45. The van der Waals surface area contributed by atoms with Gasteiger partial charge in [0.1, 0.15) is 11.8 Å². The van der Waals surface area contributed by atoms with Crippen molar-refractivity contribution in [3.8, 4) is 0 Å². The molecule has 1 fully saturated rings. The Hall–Kier alpha value is -4.08. The Bertz CT molecular complexity index is 1300. The van der Waals surface area contributed by atoms with E-state index in [1.54, 1.807) is 37.3 Å². The van der Waals surface area contributed by atoms with Crippen molar-refractivity contribution < 1.29 is 27.9 Å². The number of pyridine rings is 1. The number of carbonyl (C=O) groups excluding carboxylic acids is 2. The van der Waals surface area contributed by atoms with Gasteiger partial charge in [0.05, 0.1) is 22.5 Å². The van der Waals surface area contributed by atoms with Gasteiger partial charge >= 0.3 is 12.1 Å². The molecule has 1 aromatic carbocycles. The van der Waals surface area contributed by atoms with Crippen LogP contribution in [0.3, 0.4) is 0 Å². The van der Waals surface area contributed by atoms with Crippen LogP contribution in [0.1, 0.15) is 53.9 Å². The number of halogens is 3. The monoisotopic (exact) mass is 482 g/mol. The molecule has 1 aliphatic heterocycles. The number of aryl methyl sites for hydroxylation is 1. The number of benzene rings is 1. The van der Waals surface area contributed by atoms with Crippen molar-refractivity contribution in [3.63, 3.8) is 0 Å². The van der Waals surface area contributed by atoms with Crippen molar-refractivity contribution in [2.75, 3.05) is 4.90 Å². The average molecular weight is 482 g/mol. The Kier molecular flexibility index (Phi) is 6.14. The van der Waals surface area contributed by atoms with E-state index in [1.165, 1.54) is 6.07 Å². The number of amides is 1. The van der Waals surface area contributed by atoms with Gasteiger partial charge in [0.2, 0.25) is 0 Å². The predicted molar refractivity (Wildman–Crippen MR) is 121 cm³/mol. The number of carbonyl (C=O) groups is 2. The van der Waals surface area contributed by atoms with E-state index < -0.39 is 35.2 Å². The lowest BCUT2D eigenvalue weighted by Crippen LogP contribution is -2.31. The van der Waals surface area contributed by atoms with Gasteiger partial charge in [0, 0.05) is 11.8 Å². The van der Waals surface area contributed by atoms with Gasteiger partial charge in [-0.15, -0.1) is 5.10 Å². The maximum absolute atomic E-state index is 13.1. The van der Waals surface area contributed by atoms with Crippen LogP contribution in [0.25, 0.3) is 5.76 Å². The first kappa shape index (κ1) is 24.1. The molecule has 3 aromatic rings. The average Bonchev–Trinajstić information content (AvgIpc) is 3.09. The van der Waals surface area contributed by atoms with Gasteiger partial charge in [0.25, 0.3) is 5.78 Å². The molecule has 0 bridgehead atoms. The van der Waals surface area contributed by atoms with Gasteiger partial charge in [-0.1, -0.05) is 38.1 Å². The minimum atomic E-state index is -4.62. The van der Waals surface area contributed by atoms with Crippen LogP contribution in [0.15, 0.2) is 60.3 Å². The molecular formula is C25H21F3N4O3. The topological polar surface area (TPSA) is 96.3 Å². The number of Topliss-reactive ketones (excluding diaryl/α,β-unsaturated/α-hetero) is 1. The summed E-state index contributed by atoms with van der Waals surface area (Å²) in [5.41, 5.74) is 0.497. The number of nitrogens with zero attached hydrogens (tertiary/aromatic N) is 4. The number of aliphatic hydroxyl groups excluding tert-OH is 1. The molecule has 0 saturated carbocycles. The summed E-state index contributed by atoms with van der Waals surface area (Å²) < 4.78 is 39.3. The third-order valence-electron chi connectivity index (χ3n) is 5.72. The van der Waals surface area contributed by atoms with E-state index in [2.05, 4.69) is 15.2 Å². The van der Waals surface area contributed by atoms with Crippen molar-refractivity contribution in [1.29, 1.82) is 0 Å². The molecular weight excluding hydrogens is 461 g/mol. The van der Waals surface area contributed by atoms with E-state index in [9.17, 15) is 27.9 Å². The summed E-state index contributed by atoms with van der Waals surface area (Å²) >= 11 is 0. The maximum atomic E-state index is 13.1. The number of ketones is 1. The molecule has 1 N–H and O–H groups in total. The lowest BCUT2D eigenvalue weighted by Gasteiger charge is -2.23. The minimum Gasteiger partial charge on any atom is -0.507 e. The van der Waals surface area contributed by atoms with Crippen LogP contribution < -0.4 is 4.90 Å². The number of aliphatic hydroxyl groups is 1. The van der Waals surface area contributed by atoms with E-state index in [-0.39, 0.29) is 28.6 Å². The lowest BCUT2D eigenvalue weighted by atomic mass is 9.96. The number of rotatable bonds is 4. The van der Waals surface area contributed by atoms with Crippen LogP contribution >= 0.6 is 0 Å². The molecule has 2 aromatic heterocycles. The molecule has 180 valence electrons. The summed E-state index contributed by atoms with van der Waals surface area (Å²) in [5.74, 6) is -2.25. The fraction of sp³-hybridized carbons (Fsp3) is 0.240. The third-order valence-corrected chi connectivity index (χ3v) is 5.72. The summed E-state index contributed by atoms with van der Waals surface area (Å²) in [5, 5.41) is 19.0. The molecule has 1 atom stereocenters. The highest BCUT2D eigenvalue weighted by molar-refractivity contribution is 6.51. The molecule has 7 nitrogen and oxygen atoms in total. The summed E-state index contributed by atoms with van der Waals surface area (Å²) in [6.45, 7) is 5.68. The Labute approximate surface area is 199 Å². The molecule has 1 amide bonds. The van der Waals surface area contributed by atoms with E-state index >= 15 is 0 Å². The summed E-state index contributed by atoms with van der Waals surface area (Å²) in [7, 11) is 0. The molecule has 35 heavy (non-hydrogen) atoms. The maximum Gasteiger partial charge on any atom is 0.417 e. The smallest absolute Gasteiger partial charge is 0.417 e. The van der Waals surface area contributed by atoms with E-state index in [0.29, 0.717) is 11.9 Å². The SMILES string of the molecule is Cc1ccc(N2C(=O)C(=O)C(=C(O)c3ccc(C(C)C)cc3)C2c2ccc(C(F)(F)F)cn2)nn1. The molecule has 1 saturated heterocycles. The molecule has 3 heterocycles. The molecule has 10 heteroatoms. The van der Waals surface area contributed by atoms with Gasteiger partial charge in [0.15, 0.2) is 5.82 Å². The number of aromatic nitrogens is 3. The van der Waals surface area contributed by atoms with Crippen molar-refractivity contribution in [2.45, 2.75) is 38.9 Å². The van der Waals surface area contributed by atoms with Crippen LogP contribution in [-0.2, 0) is 15.8 Å². The zero-order chi connectivity index (χ0) is 25.5. The van der Waals surface area contributed by atoms with Crippen molar-refractivity contribution in [2.24, 2.45) is 0 Å². The van der Waals surface area contributed by atoms with Gasteiger partial charge in [-0.3, -0.25) is 19.5 Å². The zero-order valence-electron chi connectivity index (χ0n) is 19.0. The molecule has 4 rings (SSSR count). The third kappa shape index (κ3) is 4.51. The molecule has 1 aliphatic rings. The van der Waals surface area contributed by atoms with E-state index in [0.717, 1.165) is 22.6 Å². The first-order valence-corrected chi connectivity index (χ1v) is 10.7. The first-order valence-electron chi connectivity index (χ1n) is 10.7. The normalized spacial score (nSPS) is 17.9. The fourth-order valence-corrected chi connectivity index (χ4v) is 3.79.